The fourth-order valence-electron chi connectivity index (χ4n) is 1.82. The van der Waals surface area contributed by atoms with Gasteiger partial charge in [-0.05, 0) is 24.2 Å². The van der Waals surface area contributed by atoms with Gasteiger partial charge in [0.15, 0.2) is 5.69 Å². The molecule has 0 radical (unpaired) electrons. The first-order valence-corrected chi connectivity index (χ1v) is 6.42. The van der Waals surface area contributed by atoms with Gasteiger partial charge in [-0.15, -0.1) is 0 Å². The van der Waals surface area contributed by atoms with Crippen LogP contribution in [0.4, 0.5) is 13.2 Å². The lowest BCUT2D eigenvalue weighted by atomic mass is 10.1. The predicted octanol–water partition coefficient (Wildman–Crippen LogP) is 3.65. The number of para-hydroxylation sites is 1. The Morgan fingerprint density at radius 2 is 2.05 bits per heavy atom. The summed E-state index contributed by atoms with van der Waals surface area (Å²) in [6, 6.07) is 6.12. The van der Waals surface area contributed by atoms with Crippen molar-refractivity contribution >= 4 is 11.6 Å². The van der Waals surface area contributed by atoms with Gasteiger partial charge in [-0.1, -0.05) is 30.7 Å². The van der Waals surface area contributed by atoms with Crippen molar-refractivity contribution in [2.24, 2.45) is 0 Å². The minimum Gasteiger partial charge on any atom is -0.313 e. The van der Waals surface area contributed by atoms with Crippen molar-refractivity contribution in [1.29, 1.82) is 0 Å². The lowest BCUT2D eigenvalue weighted by molar-refractivity contribution is -0.141. The third kappa shape index (κ3) is 3.13. The van der Waals surface area contributed by atoms with Gasteiger partial charge in [0, 0.05) is 12.7 Å². The van der Waals surface area contributed by atoms with Crippen LogP contribution in [0.25, 0.3) is 5.69 Å². The first-order valence-electron chi connectivity index (χ1n) is 6.05. The van der Waals surface area contributed by atoms with Crippen LogP contribution in [0.3, 0.4) is 0 Å². The summed E-state index contributed by atoms with van der Waals surface area (Å²) in [4.78, 5) is 0. The topological polar surface area (TPSA) is 29.9 Å². The van der Waals surface area contributed by atoms with Crippen molar-refractivity contribution in [1.82, 2.24) is 15.1 Å². The van der Waals surface area contributed by atoms with Crippen molar-refractivity contribution in [2.75, 3.05) is 6.54 Å². The van der Waals surface area contributed by atoms with Gasteiger partial charge in [0.05, 0.1) is 10.7 Å². The molecule has 1 aromatic carbocycles. The van der Waals surface area contributed by atoms with E-state index in [1.54, 1.807) is 18.2 Å². The number of nitrogens with zero attached hydrogens (tertiary/aromatic N) is 2. The molecular formula is C13H13ClF3N3. The summed E-state index contributed by atoms with van der Waals surface area (Å²) in [5, 5.41) is 7.04. The Balaban J connectivity index is 2.43. The maximum absolute atomic E-state index is 12.6. The first kappa shape index (κ1) is 14.9. The maximum Gasteiger partial charge on any atom is 0.435 e. The summed E-state index contributed by atoms with van der Waals surface area (Å²) >= 11 is 6.10. The molecule has 1 aromatic heterocycles. The highest BCUT2D eigenvalue weighted by molar-refractivity contribution is 6.32. The summed E-state index contributed by atoms with van der Waals surface area (Å²) in [5.74, 6) is 0. The molecule has 0 aliphatic carbocycles. The van der Waals surface area contributed by atoms with Crippen LogP contribution < -0.4 is 5.32 Å². The molecule has 2 rings (SSSR count). The fraction of sp³-hybridized carbons (Fsp3) is 0.308. The maximum atomic E-state index is 12.6. The Labute approximate surface area is 119 Å². The Morgan fingerprint density at radius 1 is 1.30 bits per heavy atom. The van der Waals surface area contributed by atoms with E-state index in [1.165, 1.54) is 6.20 Å². The third-order valence-corrected chi connectivity index (χ3v) is 3.05. The zero-order valence-electron chi connectivity index (χ0n) is 10.7. The second-order valence-electron chi connectivity index (χ2n) is 4.17. The smallest absolute Gasteiger partial charge is 0.313 e. The molecular weight excluding hydrogens is 291 g/mol. The lowest BCUT2D eigenvalue weighted by Crippen LogP contribution is -2.15. The van der Waals surface area contributed by atoms with E-state index >= 15 is 0 Å². The van der Waals surface area contributed by atoms with Crippen molar-refractivity contribution < 1.29 is 13.2 Å². The number of benzene rings is 1. The molecule has 2 aromatic rings. The Hall–Kier alpha value is -1.53. The van der Waals surface area contributed by atoms with Crippen LogP contribution in [0.1, 0.15) is 18.2 Å². The molecule has 7 heteroatoms. The number of nitrogens with one attached hydrogen (secondary N) is 1. The van der Waals surface area contributed by atoms with Crippen LogP contribution >= 0.6 is 11.6 Å². The number of halogens is 4. The summed E-state index contributed by atoms with van der Waals surface area (Å²) in [6.45, 7) is 3.20. The monoisotopic (exact) mass is 303 g/mol. The van der Waals surface area contributed by atoms with Crippen molar-refractivity contribution in [2.45, 2.75) is 19.6 Å². The SMILES string of the molecule is CCNCc1cccc(Cl)c1-n1ccc(C(F)(F)F)n1. The first-order chi connectivity index (χ1) is 9.43. The summed E-state index contributed by atoms with van der Waals surface area (Å²) < 4.78 is 39.0. The summed E-state index contributed by atoms with van der Waals surface area (Å²) in [5.41, 5.74) is 0.314. The van der Waals surface area contributed by atoms with Gasteiger partial charge in [0.1, 0.15) is 0 Å². The molecule has 0 saturated carbocycles. The van der Waals surface area contributed by atoms with Gasteiger partial charge in [-0.2, -0.15) is 18.3 Å². The Morgan fingerprint density at radius 3 is 2.65 bits per heavy atom. The highest BCUT2D eigenvalue weighted by atomic mass is 35.5. The van der Waals surface area contributed by atoms with E-state index in [0.717, 1.165) is 22.9 Å². The lowest BCUT2D eigenvalue weighted by Gasteiger charge is -2.12. The minimum atomic E-state index is -4.46. The van der Waals surface area contributed by atoms with Gasteiger partial charge in [0.25, 0.3) is 0 Å². The standard InChI is InChI=1S/C13H13ClF3N3/c1-2-18-8-9-4-3-5-10(14)12(9)20-7-6-11(19-20)13(15,16)17/h3-7,18H,2,8H2,1H3. The molecule has 1 heterocycles. The van der Waals surface area contributed by atoms with Crippen molar-refractivity contribution in [3.8, 4) is 5.69 Å². The summed E-state index contributed by atoms with van der Waals surface area (Å²) in [7, 11) is 0. The molecule has 1 N–H and O–H groups in total. The average Bonchev–Trinajstić information content (AvgIpc) is 2.85. The van der Waals surface area contributed by atoms with Crippen LogP contribution in [-0.2, 0) is 12.7 Å². The molecule has 20 heavy (non-hydrogen) atoms. The molecule has 0 bridgehead atoms. The van der Waals surface area contributed by atoms with Gasteiger partial charge in [-0.3, -0.25) is 0 Å². The predicted molar refractivity (Wildman–Crippen MR) is 71.0 cm³/mol. The van der Waals surface area contributed by atoms with Crippen molar-refractivity contribution in [3.63, 3.8) is 0 Å². The van der Waals surface area contributed by atoms with Gasteiger partial charge >= 0.3 is 6.18 Å². The number of hydrogen-bond donors (Lipinski definition) is 1. The van der Waals surface area contributed by atoms with E-state index in [-0.39, 0.29) is 0 Å². The van der Waals surface area contributed by atoms with Crippen LogP contribution in [-0.4, -0.2) is 16.3 Å². The largest absolute Gasteiger partial charge is 0.435 e. The van der Waals surface area contributed by atoms with E-state index in [1.807, 2.05) is 6.92 Å². The van der Waals surface area contributed by atoms with E-state index in [9.17, 15) is 13.2 Å². The number of alkyl halides is 3. The second-order valence-corrected chi connectivity index (χ2v) is 4.58. The normalized spacial score (nSPS) is 11.8. The Bertz CT molecular complexity index is 593. The van der Waals surface area contributed by atoms with Gasteiger partial charge < -0.3 is 5.32 Å². The molecule has 0 fully saturated rings. The van der Waals surface area contributed by atoms with Crippen molar-refractivity contribution in [3.05, 3.63) is 46.7 Å². The summed E-state index contributed by atoms with van der Waals surface area (Å²) in [6.07, 6.45) is -3.20. The highest BCUT2D eigenvalue weighted by Gasteiger charge is 2.33. The van der Waals surface area contributed by atoms with E-state index < -0.39 is 11.9 Å². The van der Waals surface area contributed by atoms with Crippen LogP contribution in [0.15, 0.2) is 30.5 Å². The number of rotatable bonds is 4. The third-order valence-electron chi connectivity index (χ3n) is 2.74. The fourth-order valence-corrected chi connectivity index (χ4v) is 2.10. The number of hydrogen-bond acceptors (Lipinski definition) is 2. The van der Waals surface area contributed by atoms with Crippen LogP contribution in [0.2, 0.25) is 5.02 Å². The van der Waals surface area contributed by atoms with E-state index in [2.05, 4.69) is 10.4 Å². The zero-order chi connectivity index (χ0) is 14.8. The minimum absolute atomic E-state index is 0.359. The molecule has 0 aliphatic heterocycles. The molecule has 108 valence electrons. The quantitative estimate of drug-likeness (QED) is 0.934. The van der Waals surface area contributed by atoms with Gasteiger partial charge in [-0.25, -0.2) is 4.68 Å². The highest BCUT2D eigenvalue weighted by Crippen LogP contribution is 2.30. The molecule has 3 nitrogen and oxygen atoms in total. The van der Waals surface area contributed by atoms with Gasteiger partial charge in [0.2, 0.25) is 0 Å². The molecule has 0 amide bonds. The number of aromatic nitrogens is 2. The van der Waals surface area contributed by atoms with E-state index in [4.69, 9.17) is 11.6 Å². The molecule has 0 spiro atoms. The molecule has 0 saturated heterocycles. The zero-order valence-corrected chi connectivity index (χ0v) is 11.5. The average molecular weight is 304 g/mol. The molecule has 0 atom stereocenters. The molecule has 0 unspecified atom stereocenters. The molecule has 0 aliphatic rings. The van der Waals surface area contributed by atoms with Crippen LogP contribution in [0.5, 0.6) is 0 Å². The second kappa shape index (κ2) is 5.85. The Kier molecular flexibility index (Phi) is 4.35. The van der Waals surface area contributed by atoms with E-state index in [0.29, 0.717) is 17.3 Å². The van der Waals surface area contributed by atoms with Crippen LogP contribution in [0, 0.1) is 0 Å².